The standard InChI is InChI=1S/C11H12FN/c1-4-9-7-10(12)5-6-11(9)8(2)13-3/h1,5-8,13H,2-3H3. The Morgan fingerprint density at radius 1 is 1.54 bits per heavy atom. The molecule has 1 N–H and O–H groups in total. The Balaban J connectivity index is 3.15. The van der Waals surface area contributed by atoms with Crippen LogP contribution in [0.3, 0.4) is 0 Å². The summed E-state index contributed by atoms with van der Waals surface area (Å²) in [4.78, 5) is 0. The van der Waals surface area contributed by atoms with Crippen LogP contribution >= 0.6 is 0 Å². The molecule has 0 saturated carbocycles. The van der Waals surface area contributed by atoms with Crippen molar-refractivity contribution in [1.29, 1.82) is 0 Å². The van der Waals surface area contributed by atoms with Crippen molar-refractivity contribution in [1.82, 2.24) is 5.32 Å². The van der Waals surface area contributed by atoms with Crippen molar-refractivity contribution in [2.75, 3.05) is 7.05 Å². The molecule has 0 aromatic heterocycles. The highest BCUT2D eigenvalue weighted by Gasteiger charge is 2.07. The summed E-state index contributed by atoms with van der Waals surface area (Å²) in [6.45, 7) is 1.98. The molecule has 0 aliphatic carbocycles. The highest BCUT2D eigenvalue weighted by atomic mass is 19.1. The monoisotopic (exact) mass is 177 g/mol. The van der Waals surface area contributed by atoms with Gasteiger partial charge >= 0.3 is 0 Å². The maximum absolute atomic E-state index is 12.8. The van der Waals surface area contributed by atoms with Crippen molar-refractivity contribution < 1.29 is 4.39 Å². The van der Waals surface area contributed by atoms with Crippen molar-refractivity contribution in [2.24, 2.45) is 0 Å². The van der Waals surface area contributed by atoms with Gasteiger partial charge in [-0.15, -0.1) is 6.42 Å². The predicted molar refractivity (Wildman–Crippen MR) is 51.8 cm³/mol. The van der Waals surface area contributed by atoms with Crippen LogP contribution in [0.25, 0.3) is 0 Å². The Bertz CT molecular complexity index is 338. The predicted octanol–water partition coefficient (Wildman–Crippen LogP) is 2.09. The molecule has 1 atom stereocenters. The van der Waals surface area contributed by atoms with Crippen molar-refractivity contribution in [3.8, 4) is 12.3 Å². The van der Waals surface area contributed by atoms with E-state index in [9.17, 15) is 4.39 Å². The van der Waals surface area contributed by atoms with E-state index in [1.165, 1.54) is 12.1 Å². The molecule has 1 rings (SSSR count). The summed E-state index contributed by atoms with van der Waals surface area (Å²) in [5, 5.41) is 3.06. The Morgan fingerprint density at radius 2 is 2.23 bits per heavy atom. The fraction of sp³-hybridized carbons (Fsp3) is 0.273. The van der Waals surface area contributed by atoms with Gasteiger partial charge in [0.25, 0.3) is 0 Å². The van der Waals surface area contributed by atoms with E-state index in [1.54, 1.807) is 6.07 Å². The molecule has 2 heteroatoms. The highest BCUT2D eigenvalue weighted by molar-refractivity contribution is 5.41. The van der Waals surface area contributed by atoms with E-state index < -0.39 is 0 Å². The van der Waals surface area contributed by atoms with Gasteiger partial charge in [-0.25, -0.2) is 4.39 Å². The third-order valence-electron chi connectivity index (χ3n) is 2.07. The van der Waals surface area contributed by atoms with Gasteiger partial charge < -0.3 is 5.32 Å². The van der Waals surface area contributed by atoms with Crippen molar-refractivity contribution in [3.05, 3.63) is 35.1 Å². The number of nitrogens with one attached hydrogen (secondary N) is 1. The number of halogens is 1. The van der Waals surface area contributed by atoms with Gasteiger partial charge in [-0.1, -0.05) is 12.0 Å². The first kappa shape index (κ1) is 9.76. The van der Waals surface area contributed by atoms with Crippen LogP contribution < -0.4 is 5.32 Å². The largest absolute Gasteiger partial charge is 0.313 e. The lowest BCUT2D eigenvalue weighted by Crippen LogP contribution is -2.13. The Morgan fingerprint density at radius 3 is 2.77 bits per heavy atom. The number of hydrogen-bond acceptors (Lipinski definition) is 1. The zero-order valence-electron chi connectivity index (χ0n) is 7.76. The van der Waals surface area contributed by atoms with E-state index in [0.29, 0.717) is 5.56 Å². The molecule has 0 amide bonds. The molecule has 0 bridgehead atoms. The van der Waals surface area contributed by atoms with Crippen molar-refractivity contribution in [3.63, 3.8) is 0 Å². The molecule has 1 aromatic carbocycles. The lowest BCUT2D eigenvalue weighted by molar-refractivity contribution is 0.617. The molecule has 0 heterocycles. The minimum Gasteiger partial charge on any atom is -0.313 e. The number of benzene rings is 1. The first-order valence-corrected chi connectivity index (χ1v) is 4.12. The van der Waals surface area contributed by atoms with Gasteiger partial charge in [0.1, 0.15) is 5.82 Å². The molecular formula is C11H12FN. The third kappa shape index (κ3) is 2.07. The van der Waals surface area contributed by atoms with E-state index >= 15 is 0 Å². The molecule has 1 aromatic rings. The van der Waals surface area contributed by atoms with E-state index in [-0.39, 0.29) is 11.9 Å². The summed E-state index contributed by atoms with van der Waals surface area (Å²) in [7, 11) is 1.84. The molecule has 0 fully saturated rings. The van der Waals surface area contributed by atoms with Crippen LogP contribution in [0.15, 0.2) is 18.2 Å². The molecule has 0 aliphatic heterocycles. The van der Waals surface area contributed by atoms with Crippen molar-refractivity contribution in [2.45, 2.75) is 13.0 Å². The topological polar surface area (TPSA) is 12.0 Å². The summed E-state index contributed by atoms with van der Waals surface area (Å²) in [6, 6.07) is 4.66. The van der Waals surface area contributed by atoms with E-state index in [0.717, 1.165) is 5.56 Å². The molecule has 0 saturated heterocycles. The molecular weight excluding hydrogens is 165 g/mol. The third-order valence-corrected chi connectivity index (χ3v) is 2.07. The molecule has 0 aliphatic rings. The molecule has 0 radical (unpaired) electrons. The minimum absolute atomic E-state index is 0.145. The average molecular weight is 177 g/mol. The van der Waals surface area contributed by atoms with Crippen LogP contribution in [-0.4, -0.2) is 7.05 Å². The Labute approximate surface area is 78.0 Å². The van der Waals surface area contributed by atoms with E-state index in [4.69, 9.17) is 6.42 Å². The second-order valence-electron chi connectivity index (χ2n) is 2.89. The van der Waals surface area contributed by atoms with Crippen LogP contribution in [-0.2, 0) is 0 Å². The maximum Gasteiger partial charge on any atom is 0.124 e. The minimum atomic E-state index is -0.292. The lowest BCUT2D eigenvalue weighted by atomic mass is 10.0. The molecule has 0 spiro atoms. The Kier molecular flexibility index (Phi) is 3.05. The van der Waals surface area contributed by atoms with Gasteiger partial charge in [0.05, 0.1) is 0 Å². The van der Waals surface area contributed by atoms with Gasteiger partial charge in [0.2, 0.25) is 0 Å². The van der Waals surface area contributed by atoms with Gasteiger partial charge in [0, 0.05) is 11.6 Å². The fourth-order valence-corrected chi connectivity index (χ4v) is 1.19. The molecule has 13 heavy (non-hydrogen) atoms. The SMILES string of the molecule is C#Cc1cc(F)ccc1C(C)NC. The summed E-state index contributed by atoms with van der Waals surface area (Å²) in [6.07, 6.45) is 5.27. The zero-order valence-corrected chi connectivity index (χ0v) is 7.76. The first-order valence-electron chi connectivity index (χ1n) is 4.12. The lowest BCUT2D eigenvalue weighted by Gasteiger charge is -2.12. The Hall–Kier alpha value is -1.33. The zero-order chi connectivity index (χ0) is 9.84. The van der Waals surface area contributed by atoms with Crippen LogP contribution in [0.4, 0.5) is 4.39 Å². The van der Waals surface area contributed by atoms with E-state index in [1.807, 2.05) is 14.0 Å². The van der Waals surface area contributed by atoms with Crippen molar-refractivity contribution >= 4 is 0 Å². The van der Waals surface area contributed by atoms with Crippen LogP contribution in [0, 0.1) is 18.2 Å². The van der Waals surface area contributed by atoms with Crippen LogP contribution in [0.2, 0.25) is 0 Å². The normalized spacial score (nSPS) is 12.2. The van der Waals surface area contributed by atoms with Gasteiger partial charge in [-0.05, 0) is 31.7 Å². The maximum atomic E-state index is 12.8. The van der Waals surface area contributed by atoms with Gasteiger partial charge in [-0.2, -0.15) is 0 Å². The molecule has 1 nitrogen and oxygen atoms in total. The summed E-state index contributed by atoms with van der Waals surface area (Å²) in [5.74, 6) is 2.18. The quantitative estimate of drug-likeness (QED) is 0.682. The second-order valence-corrected chi connectivity index (χ2v) is 2.89. The summed E-state index contributed by atoms with van der Waals surface area (Å²) < 4.78 is 12.8. The highest BCUT2D eigenvalue weighted by Crippen LogP contribution is 2.17. The van der Waals surface area contributed by atoms with Crippen LogP contribution in [0.1, 0.15) is 24.1 Å². The number of terminal acetylenes is 1. The smallest absolute Gasteiger partial charge is 0.124 e. The summed E-state index contributed by atoms with van der Waals surface area (Å²) in [5.41, 5.74) is 1.56. The number of rotatable bonds is 2. The first-order chi connectivity index (χ1) is 6.19. The molecule has 68 valence electrons. The number of hydrogen-bond donors (Lipinski definition) is 1. The fourth-order valence-electron chi connectivity index (χ4n) is 1.19. The average Bonchev–Trinajstić information content (AvgIpc) is 2.16. The molecule has 1 unspecified atom stereocenters. The summed E-state index contributed by atoms with van der Waals surface area (Å²) >= 11 is 0. The van der Waals surface area contributed by atoms with Crippen LogP contribution in [0.5, 0.6) is 0 Å². The van der Waals surface area contributed by atoms with Gasteiger partial charge in [-0.3, -0.25) is 0 Å². The second kappa shape index (κ2) is 4.06. The van der Waals surface area contributed by atoms with E-state index in [2.05, 4.69) is 11.2 Å². The van der Waals surface area contributed by atoms with Gasteiger partial charge in [0.15, 0.2) is 0 Å².